The number of carbonyl (C=O) groups excluding carboxylic acids is 2. The summed E-state index contributed by atoms with van der Waals surface area (Å²) in [5.41, 5.74) is 4.03. The molecule has 2 aromatic carbocycles. The molecule has 0 fully saturated rings. The minimum absolute atomic E-state index is 0.0116. The van der Waals surface area contributed by atoms with Crippen molar-refractivity contribution in [1.82, 2.24) is 10.3 Å². The topological polar surface area (TPSA) is 118 Å². The Morgan fingerprint density at radius 3 is 2.31 bits per heavy atom. The highest BCUT2D eigenvalue weighted by Gasteiger charge is 2.31. The minimum Gasteiger partial charge on any atom is -0.481 e. The molecule has 1 aliphatic rings. The van der Waals surface area contributed by atoms with Crippen molar-refractivity contribution in [2.75, 3.05) is 18.5 Å². The molecule has 3 N–H and O–H groups in total. The van der Waals surface area contributed by atoms with Crippen molar-refractivity contribution < 1.29 is 24.2 Å². The number of carboxylic acid groups (broad SMARTS) is 1. The molecule has 35 heavy (non-hydrogen) atoms. The van der Waals surface area contributed by atoms with Crippen LogP contribution < -0.4 is 10.6 Å². The number of thiazole rings is 1. The number of aromatic nitrogens is 1. The zero-order chi connectivity index (χ0) is 25.0. The number of nitrogens with one attached hydrogen (secondary N) is 2. The van der Waals surface area contributed by atoms with E-state index in [0.717, 1.165) is 22.3 Å². The molecule has 0 spiro atoms. The number of amides is 2. The molecule has 2 amide bonds. The number of benzene rings is 2. The molecule has 9 heteroatoms. The molecule has 8 nitrogen and oxygen atoms in total. The Morgan fingerprint density at radius 2 is 1.71 bits per heavy atom. The number of rotatable bonds is 9. The van der Waals surface area contributed by atoms with E-state index in [-0.39, 0.29) is 31.4 Å². The van der Waals surface area contributed by atoms with E-state index in [2.05, 4.69) is 39.9 Å². The van der Waals surface area contributed by atoms with Crippen molar-refractivity contribution in [2.24, 2.45) is 5.41 Å². The molecule has 0 aliphatic heterocycles. The van der Waals surface area contributed by atoms with Gasteiger partial charge >= 0.3 is 12.1 Å². The van der Waals surface area contributed by atoms with E-state index in [9.17, 15) is 19.5 Å². The molecule has 1 aromatic heterocycles. The van der Waals surface area contributed by atoms with Gasteiger partial charge in [0.1, 0.15) is 6.61 Å². The fourth-order valence-corrected chi connectivity index (χ4v) is 4.74. The Kier molecular flexibility index (Phi) is 7.16. The van der Waals surface area contributed by atoms with Gasteiger partial charge in [-0.05, 0) is 35.6 Å². The maximum Gasteiger partial charge on any atom is 0.413 e. The van der Waals surface area contributed by atoms with Crippen LogP contribution in [0.1, 0.15) is 43.0 Å². The van der Waals surface area contributed by atoms with Crippen molar-refractivity contribution in [1.29, 1.82) is 0 Å². The molecule has 1 aliphatic carbocycles. The van der Waals surface area contributed by atoms with E-state index in [1.54, 1.807) is 19.2 Å². The third-order valence-electron chi connectivity index (χ3n) is 6.42. The van der Waals surface area contributed by atoms with Crippen LogP contribution in [-0.4, -0.2) is 41.2 Å². The Balaban J connectivity index is 1.30. The van der Waals surface area contributed by atoms with E-state index in [1.807, 2.05) is 24.3 Å². The third kappa shape index (κ3) is 5.35. The Labute approximate surface area is 207 Å². The van der Waals surface area contributed by atoms with Crippen molar-refractivity contribution in [3.8, 4) is 11.1 Å². The van der Waals surface area contributed by atoms with Gasteiger partial charge in [-0.2, -0.15) is 0 Å². The lowest BCUT2D eigenvalue weighted by Crippen LogP contribution is -2.41. The first-order valence-electron chi connectivity index (χ1n) is 11.4. The predicted molar refractivity (Wildman–Crippen MR) is 134 cm³/mol. The molecule has 0 saturated heterocycles. The highest BCUT2D eigenvalue weighted by molar-refractivity contribution is 7.13. The van der Waals surface area contributed by atoms with Crippen molar-refractivity contribution >= 4 is 34.4 Å². The van der Waals surface area contributed by atoms with E-state index < -0.39 is 17.5 Å². The van der Waals surface area contributed by atoms with Crippen LogP contribution in [0, 0.1) is 5.41 Å². The van der Waals surface area contributed by atoms with Crippen LogP contribution in [0.25, 0.3) is 11.1 Å². The van der Waals surface area contributed by atoms with E-state index in [0.29, 0.717) is 17.2 Å². The van der Waals surface area contributed by atoms with E-state index in [1.165, 1.54) is 11.3 Å². The van der Waals surface area contributed by atoms with Crippen LogP contribution in [0.4, 0.5) is 9.93 Å². The maximum atomic E-state index is 12.4. The summed E-state index contributed by atoms with van der Waals surface area (Å²) in [6.45, 7) is 3.59. The van der Waals surface area contributed by atoms with Crippen LogP contribution >= 0.6 is 11.3 Å². The largest absolute Gasteiger partial charge is 0.481 e. The molecule has 1 unspecified atom stereocenters. The summed E-state index contributed by atoms with van der Waals surface area (Å²) in [6, 6.07) is 16.2. The average molecular weight is 494 g/mol. The number of hydrogen-bond acceptors (Lipinski definition) is 6. The van der Waals surface area contributed by atoms with Gasteiger partial charge in [-0.3, -0.25) is 14.9 Å². The summed E-state index contributed by atoms with van der Waals surface area (Å²) in [5, 5.41) is 16.6. The second-order valence-electron chi connectivity index (χ2n) is 8.77. The average Bonchev–Trinajstić information content (AvgIpc) is 3.42. The smallest absolute Gasteiger partial charge is 0.413 e. The van der Waals surface area contributed by atoms with E-state index >= 15 is 0 Å². The number of hydrogen-bond donors (Lipinski definition) is 3. The van der Waals surface area contributed by atoms with Gasteiger partial charge in [-0.15, -0.1) is 11.3 Å². The summed E-state index contributed by atoms with van der Waals surface area (Å²) in [5.74, 6) is -1.32. The molecule has 0 bridgehead atoms. The van der Waals surface area contributed by atoms with Gasteiger partial charge in [-0.1, -0.05) is 55.5 Å². The van der Waals surface area contributed by atoms with Gasteiger partial charge in [0.25, 0.3) is 0 Å². The lowest BCUT2D eigenvalue weighted by atomic mass is 9.88. The fraction of sp³-hybridized carbons (Fsp3) is 0.308. The van der Waals surface area contributed by atoms with Crippen LogP contribution in [0.2, 0.25) is 0 Å². The summed E-state index contributed by atoms with van der Waals surface area (Å²) >= 11 is 1.19. The lowest BCUT2D eigenvalue weighted by molar-refractivity contribution is -0.148. The number of carboxylic acids is 1. The van der Waals surface area contributed by atoms with Crippen molar-refractivity contribution in [2.45, 2.75) is 32.6 Å². The predicted octanol–water partition coefficient (Wildman–Crippen LogP) is 4.66. The van der Waals surface area contributed by atoms with Crippen molar-refractivity contribution in [3.63, 3.8) is 0 Å². The number of anilines is 1. The zero-order valence-electron chi connectivity index (χ0n) is 19.5. The number of carbonyl (C=O) groups is 3. The first-order chi connectivity index (χ1) is 16.8. The van der Waals surface area contributed by atoms with Crippen LogP contribution in [0.3, 0.4) is 0 Å². The van der Waals surface area contributed by atoms with Gasteiger partial charge in [0, 0.05) is 17.8 Å². The number of aliphatic carboxylic acids is 1. The zero-order valence-corrected chi connectivity index (χ0v) is 20.4. The Bertz CT molecular complexity index is 1210. The SMILES string of the molecule is CCC(C)(CNC(=O)Cc1csc(NC(=O)OCC2c3ccccc3-c3ccccc32)n1)C(=O)O. The molecule has 1 heterocycles. The second-order valence-corrected chi connectivity index (χ2v) is 9.63. The monoisotopic (exact) mass is 493 g/mol. The highest BCUT2D eigenvalue weighted by Crippen LogP contribution is 2.44. The highest BCUT2D eigenvalue weighted by atomic mass is 32.1. The quantitative estimate of drug-likeness (QED) is 0.399. The van der Waals surface area contributed by atoms with E-state index in [4.69, 9.17) is 4.74 Å². The summed E-state index contributed by atoms with van der Waals surface area (Å²) in [6.07, 6.45) is -0.229. The standard InChI is InChI=1S/C26H27N3O5S/c1-3-26(2,23(31)32)15-27-22(30)12-16-14-35-24(28-16)29-25(33)34-13-21-19-10-6-4-8-17(19)18-9-5-7-11-20(18)21/h4-11,14,21H,3,12-13,15H2,1-2H3,(H,27,30)(H,31,32)(H,28,29,33). The minimum atomic E-state index is -1.02. The van der Waals surface area contributed by atoms with Crippen LogP contribution in [0.5, 0.6) is 0 Å². The van der Waals surface area contributed by atoms with Gasteiger partial charge in [0.2, 0.25) is 5.91 Å². The normalized spacial score (nSPS) is 13.9. The fourth-order valence-electron chi connectivity index (χ4n) is 4.04. The molecule has 3 aromatic rings. The van der Waals surface area contributed by atoms with Gasteiger partial charge < -0.3 is 15.2 Å². The van der Waals surface area contributed by atoms with Gasteiger partial charge in [-0.25, -0.2) is 9.78 Å². The first-order valence-corrected chi connectivity index (χ1v) is 12.2. The number of nitrogens with zero attached hydrogens (tertiary/aromatic N) is 1. The van der Waals surface area contributed by atoms with Crippen LogP contribution in [0.15, 0.2) is 53.9 Å². The molecular weight excluding hydrogens is 466 g/mol. The first kappa shape index (κ1) is 24.4. The summed E-state index contributed by atoms with van der Waals surface area (Å²) < 4.78 is 5.53. The molecule has 182 valence electrons. The molecule has 1 atom stereocenters. The number of fused-ring (bicyclic) bond motifs is 3. The maximum absolute atomic E-state index is 12.4. The molecular formula is C26H27N3O5S. The van der Waals surface area contributed by atoms with Gasteiger partial charge in [0.05, 0.1) is 17.5 Å². The Hall–Kier alpha value is -3.72. The van der Waals surface area contributed by atoms with Gasteiger partial charge in [0.15, 0.2) is 5.13 Å². The summed E-state index contributed by atoms with van der Waals surface area (Å²) in [4.78, 5) is 40.3. The second kappa shape index (κ2) is 10.3. The Morgan fingerprint density at radius 1 is 1.09 bits per heavy atom. The third-order valence-corrected chi connectivity index (χ3v) is 7.22. The van der Waals surface area contributed by atoms with Crippen LogP contribution in [-0.2, 0) is 20.7 Å². The molecule has 4 rings (SSSR count). The number of ether oxygens (including phenoxy) is 1. The molecule has 0 radical (unpaired) electrons. The molecule has 0 saturated carbocycles. The summed E-state index contributed by atoms with van der Waals surface area (Å²) in [7, 11) is 0. The van der Waals surface area contributed by atoms with Crippen molar-refractivity contribution in [3.05, 3.63) is 70.7 Å². The lowest BCUT2D eigenvalue weighted by Gasteiger charge is -2.23.